The summed E-state index contributed by atoms with van der Waals surface area (Å²) in [7, 11) is 0. The topological polar surface area (TPSA) is 49.4 Å². The predicted octanol–water partition coefficient (Wildman–Crippen LogP) is 1.90. The molecule has 0 saturated heterocycles. The molecule has 1 unspecified atom stereocenters. The minimum atomic E-state index is -2.54. The molecule has 1 aromatic rings. The van der Waals surface area contributed by atoms with Crippen LogP contribution in [0.25, 0.3) is 0 Å². The fourth-order valence-electron chi connectivity index (χ4n) is 0.750. The van der Waals surface area contributed by atoms with Gasteiger partial charge in [0.15, 0.2) is 0 Å². The van der Waals surface area contributed by atoms with Gasteiger partial charge in [-0.3, -0.25) is 4.18 Å². The Morgan fingerprint density at radius 1 is 1.62 bits per heavy atom. The summed E-state index contributed by atoms with van der Waals surface area (Å²) in [6.07, 6.45) is 0. The molecule has 0 aliphatic carbocycles. The van der Waals surface area contributed by atoms with Gasteiger partial charge in [0, 0.05) is 4.47 Å². The third-order valence-electron chi connectivity index (χ3n) is 1.33. The van der Waals surface area contributed by atoms with Crippen molar-refractivity contribution < 1.29 is 17.3 Å². The Morgan fingerprint density at radius 3 is 2.85 bits per heavy atom. The molecule has 0 saturated carbocycles. The SMILES string of the molecule is O=S([O-])OCc1ccc(F)cc1Br. The molecule has 6 heteroatoms. The van der Waals surface area contributed by atoms with Gasteiger partial charge < -0.3 is 4.55 Å². The number of rotatable bonds is 3. The standard InChI is InChI=1S/C7H6BrFO3S/c8-7-3-6(9)2-1-5(7)4-12-13(10)11/h1-3H,4H2,(H,10,11)/p-1. The highest BCUT2D eigenvalue weighted by Crippen LogP contribution is 2.18. The molecule has 1 rings (SSSR count). The maximum Gasteiger partial charge on any atom is 0.124 e. The molecule has 1 aromatic carbocycles. The largest absolute Gasteiger partial charge is 0.750 e. The van der Waals surface area contributed by atoms with Gasteiger partial charge >= 0.3 is 0 Å². The second-order valence-electron chi connectivity index (χ2n) is 2.20. The Hall–Kier alpha value is -0.300. The lowest BCUT2D eigenvalue weighted by molar-refractivity contribution is 0.290. The van der Waals surface area contributed by atoms with E-state index in [1.54, 1.807) is 0 Å². The number of hydrogen-bond donors (Lipinski definition) is 0. The van der Waals surface area contributed by atoms with Crippen molar-refractivity contribution in [2.45, 2.75) is 6.61 Å². The van der Waals surface area contributed by atoms with Gasteiger partial charge in [-0.1, -0.05) is 22.0 Å². The third kappa shape index (κ3) is 3.51. The van der Waals surface area contributed by atoms with Crippen LogP contribution in [-0.4, -0.2) is 8.76 Å². The zero-order valence-electron chi connectivity index (χ0n) is 6.33. The predicted molar refractivity (Wildman–Crippen MR) is 47.8 cm³/mol. The van der Waals surface area contributed by atoms with Crippen molar-refractivity contribution in [2.75, 3.05) is 0 Å². The second-order valence-corrected chi connectivity index (χ2v) is 3.70. The minimum absolute atomic E-state index is 0.100. The highest BCUT2D eigenvalue weighted by atomic mass is 79.9. The summed E-state index contributed by atoms with van der Waals surface area (Å²) in [5, 5.41) is 0. The van der Waals surface area contributed by atoms with E-state index in [1.807, 2.05) is 0 Å². The van der Waals surface area contributed by atoms with Crippen molar-refractivity contribution in [1.29, 1.82) is 0 Å². The summed E-state index contributed by atoms with van der Waals surface area (Å²) in [6.45, 7) is -0.100. The van der Waals surface area contributed by atoms with Crippen LogP contribution in [0.1, 0.15) is 5.56 Å². The molecule has 0 aromatic heterocycles. The molecule has 13 heavy (non-hydrogen) atoms. The highest BCUT2D eigenvalue weighted by molar-refractivity contribution is 9.10. The summed E-state index contributed by atoms with van der Waals surface area (Å²) in [4.78, 5) is 0. The van der Waals surface area contributed by atoms with E-state index in [0.29, 0.717) is 10.0 Å². The van der Waals surface area contributed by atoms with Crippen molar-refractivity contribution in [3.05, 3.63) is 34.1 Å². The number of halogens is 2. The van der Waals surface area contributed by atoms with Crippen LogP contribution in [0.3, 0.4) is 0 Å². The van der Waals surface area contributed by atoms with Gasteiger partial charge in [-0.2, -0.15) is 0 Å². The van der Waals surface area contributed by atoms with Crippen LogP contribution in [0.5, 0.6) is 0 Å². The molecule has 0 radical (unpaired) electrons. The minimum Gasteiger partial charge on any atom is -0.750 e. The van der Waals surface area contributed by atoms with E-state index >= 15 is 0 Å². The van der Waals surface area contributed by atoms with Crippen LogP contribution >= 0.6 is 15.9 Å². The maximum atomic E-state index is 12.6. The average Bonchev–Trinajstić information content (AvgIpc) is 2.02. The van der Waals surface area contributed by atoms with E-state index in [-0.39, 0.29) is 12.4 Å². The van der Waals surface area contributed by atoms with E-state index < -0.39 is 11.4 Å². The zero-order valence-corrected chi connectivity index (χ0v) is 8.73. The fraction of sp³-hybridized carbons (Fsp3) is 0.143. The van der Waals surface area contributed by atoms with E-state index in [9.17, 15) is 13.2 Å². The van der Waals surface area contributed by atoms with Gasteiger partial charge in [-0.05, 0) is 17.7 Å². The normalized spacial score (nSPS) is 12.8. The maximum absolute atomic E-state index is 12.6. The smallest absolute Gasteiger partial charge is 0.124 e. The summed E-state index contributed by atoms with van der Waals surface area (Å²) in [5.74, 6) is -0.390. The molecule has 0 spiro atoms. The van der Waals surface area contributed by atoms with E-state index in [1.165, 1.54) is 18.2 Å². The van der Waals surface area contributed by atoms with Crippen LogP contribution in [0, 0.1) is 5.82 Å². The Kier molecular flexibility index (Phi) is 3.98. The Labute approximate surface area is 85.5 Å². The first kappa shape index (κ1) is 10.8. The molecule has 0 N–H and O–H groups in total. The highest BCUT2D eigenvalue weighted by Gasteiger charge is 2.01. The molecule has 72 valence electrons. The van der Waals surface area contributed by atoms with Gasteiger partial charge in [-0.25, -0.2) is 8.60 Å². The molecule has 0 aliphatic heterocycles. The first-order valence-corrected chi connectivity index (χ1v) is 5.05. The molecule has 0 bridgehead atoms. The first-order chi connectivity index (χ1) is 6.09. The fourth-order valence-corrected chi connectivity index (χ4v) is 1.44. The van der Waals surface area contributed by atoms with Crippen LogP contribution in [0.15, 0.2) is 22.7 Å². The van der Waals surface area contributed by atoms with Crippen LogP contribution in [0.4, 0.5) is 4.39 Å². The lowest BCUT2D eigenvalue weighted by atomic mass is 10.2. The van der Waals surface area contributed by atoms with Crippen molar-refractivity contribution in [3.63, 3.8) is 0 Å². The average molecular weight is 268 g/mol. The summed E-state index contributed by atoms with van der Waals surface area (Å²) < 4.78 is 37.4. The molecule has 3 nitrogen and oxygen atoms in total. The monoisotopic (exact) mass is 267 g/mol. The third-order valence-corrected chi connectivity index (χ3v) is 2.37. The Balaban J connectivity index is 2.72. The van der Waals surface area contributed by atoms with Crippen LogP contribution in [-0.2, 0) is 22.2 Å². The van der Waals surface area contributed by atoms with Crippen molar-refractivity contribution >= 4 is 27.3 Å². The Bertz CT molecular complexity index is 332. The second kappa shape index (κ2) is 4.80. The van der Waals surface area contributed by atoms with Crippen molar-refractivity contribution in [1.82, 2.24) is 0 Å². The molecule has 0 fully saturated rings. The number of hydrogen-bond acceptors (Lipinski definition) is 3. The molecule has 0 amide bonds. The summed E-state index contributed by atoms with van der Waals surface area (Å²) in [6, 6.07) is 3.93. The molecule has 0 aliphatic rings. The van der Waals surface area contributed by atoms with Gasteiger partial charge in [0.2, 0.25) is 0 Å². The van der Waals surface area contributed by atoms with Gasteiger partial charge in [0.25, 0.3) is 0 Å². The van der Waals surface area contributed by atoms with Crippen LogP contribution < -0.4 is 0 Å². The van der Waals surface area contributed by atoms with Gasteiger partial charge in [0.1, 0.15) is 5.82 Å². The van der Waals surface area contributed by atoms with E-state index in [2.05, 4.69) is 20.1 Å². The molecule has 1 atom stereocenters. The molecule has 0 heterocycles. The van der Waals surface area contributed by atoms with E-state index in [4.69, 9.17) is 0 Å². The molecular formula is C7H5BrFO3S-. The lowest BCUT2D eigenvalue weighted by Crippen LogP contribution is -1.97. The Morgan fingerprint density at radius 2 is 2.31 bits per heavy atom. The van der Waals surface area contributed by atoms with E-state index in [0.717, 1.165) is 0 Å². The number of benzene rings is 1. The van der Waals surface area contributed by atoms with Gasteiger partial charge in [-0.15, -0.1) is 0 Å². The summed E-state index contributed by atoms with van der Waals surface area (Å²) in [5.41, 5.74) is 0.575. The van der Waals surface area contributed by atoms with Crippen LogP contribution in [0.2, 0.25) is 0 Å². The lowest BCUT2D eigenvalue weighted by Gasteiger charge is -2.07. The van der Waals surface area contributed by atoms with Gasteiger partial charge in [0.05, 0.1) is 18.0 Å². The van der Waals surface area contributed by atoms with Crippen molar-refractivity contribution in [2.24, 2.45) is 0 Å². The first-order valence-electron chi connectivity index (χ1n) is 3.26. The molecular weight excluding hydrogens is 263 g/mol. The zero-order chi connectivity index (χ0) is 9.84. The van der Waals surface area contributed by atoms with Crippen molar-refractivity contribution in [3.8, 4) is 0 Å². The quantitative estimate of drug-likeness (QED) is 0.786. The summed E-state index contributed by atoms with van der Waals surface area (Å²) >= 11 is 0.532.